The van der Waals surface area contributed by atoms with E-state index in [0.717, 1.165) is 0 Å². The zero-order valence-corrected chi connectivity index (χ0v) is 6.71. The first-order chi connectivity index (χ1) is 3.68. The maximum absolute atomic E-state index is 10.4. The molecular weight excluding hydrogens is 221 g/mol. The van der Waals surface area contributed by atoms with Crippen LogP contribution in [0.4, 0.5) is 0 Å². The Morgan fingerprint density at radius 3 is 2.62 bits per heavy atom. The standard InChI is InChI=1S/C4H8INO2/c1-3(6)4(7)8-2-5/h3H,2,6H2,1H3. The summed E-state index contributed by atoms with van der Waals surface area (Å²) in [5.74, 6) is -0.348. The van der Waals surface area contributed by atoms with Crippen LogP contribution in [0.1, 0.15) is 6.92 Å². The monoisotopic (exact) mass is 229 g/mol. The van der Waals surface area contributed by atoms with Gasteiger partial charge in [-0.2, -0.15) is 0 Å². The summed E-state index contributed by atoms with van der Waals surface area (Å²) >= 11 is 1.94. The Kier molecular flexibility index (Phi) is 4.16. The smallest absolute Gasteiger partial charge is 0.323 e. The van der Waals surface area contributed by atoms with Gasteiger partial charge in [0.05, 0.1) is 0 Å². The molecule has 0 spiro atoms. The second kappa shape index (κ2) is 4.08. The minimum absolute atomic E-state index is 0.348. The van der Waals surface area contributed by atoms with Crippen molar-refractivity contribution in [2.24, 2.45) is 5.73 Å². The second-order valence-corrected chi connectivity index (χ2v) is 1.98. The molecule has 0 bridgehead atoms. The minimum Gasteiger partial charge on any atom is -0.454 e. The molecule has 3 nitrogen and oxygen atoms in total. The van der Waals surface area contributed by atoms with Gasteiger partial charge in [-0.05, 0) is 29.5 Å². The largest absolute Gasteiger partial charge is 0.454 e. The molecule has 0 aromatic heterocycles. The summed E-state index contributed by atoms with van der Waals surface area (Å²) in [7, 11) is 0. The molecule has 0 aliphatic carbocycles. The van der Waals surface area contributed by atoms with E-state index in [0.29, 0.717) is 4.61 Å². The Hall–Kier alpha value is 0.160. The molecule has 8 heavy (non-hydrogen) atoms. The van der Waals surface area contributed by atoms with E-state index in [1.807, 2.05) is 22.6 Å². The molecular formula is C4H8INO2. The molecule has 1 unspecified atom stereocenters. The van der Waals surface area contributed by atoms with Gasteiger partial charge in [0, 0.05) is 0 Å². The molecule has 2 N–H and O–H groups in total. The lowest BCUT2D eigenvalue weighted by Gasteiger charge is -2.01. The number of carbonyl (C=O) groups excluding carboxylic acids is 1. The summed E-state index contributed by atoms with van der Waals surface area (Å²) in [6.45, 7) is 1.59. The average molecular weight is 229 g/mol. The highest BCUT2D eigenvalue weighted by Crippen LogP contribution is 1.87. The molecule has 0 aliphatic rings. The van der Waals surface area contributed by atoms with Gasteiger partial charge >= 0.3 is 5.97 Å². The van der Waals surface area contributed by atoms with Crippen molar-refractivity contribution in [1.82, 2.24) is 0 Å². The maximum Gasteiger partial charge on any atom is 0.323 e. The van der Waals surface area contributed by atoms with Crippen molar-refractivity contribution >= 4 is 28.6 Å². The Morgan fingerprint density at radius 1 is 2.00 bits per heavy atom. The van der Waals surface area contributed by atoms with Crippen LogP contribution in [0, 0.1) is 0 Å². The van der Waals surface area contributed by atoms with Gasteiger partial charge in [0.2, 0.25) is 0 Å². The summed E-state index contributed by atoms with van der Waals surface area (Å²) in [5.41, 5.74) is 5.14. The van der Waals surface area contributed by atoms with Gasteiger partial charge in [0.25, 0.3) is 0 Å². The van der Waals surface area contributed by atoms with Gasteiger partial charge < -0.3 is 10.5 Å². The van der Waals surface area contributed by atoms with E-state index in [1.54, 1.807) is 6.92 Å². The number of rotatable bonds is 2. The van der Waals surface area contributed by atoms with Crippen LogP contribution >= 0.6 is 22.6 Å². The third-order valence-electron chi connectivity index (χ3n) is 0.569. The number of esters is 1. The van der Waals surface area contributed by atoms with Gasteiger partial charge in [-0.3, -0.25) is 4.79 Å². The molecule has 0 rings (SSSR count). The maximum atomic E-state index is 10.4. The molecule has 0 aromatic carbocycles. The van der Waals surface area contributed by atoms with Crippen molar-refractivity contribution < 1.29 is 9.53 Å². The van der Waals surface area contributed by atoms with E-state index in [9.17, 15) is 4.79 Å². The fourth-order valence-corrected chi connectivity index (χ4v) is 0.492. The molecule has 0 saturated heterocycles. The molecule has 0 aliphatic heterocycles. The number of halogens is 1. The predicted octanol–water partition coefficient (Wildman–Crippen LogP) is 0.269. The van der Waals surface area contributed by atoms with Gasteiger partial charge in [-0.1, -0.05) is 0 Å². The highest BCUT2D eigenvalue weighted by Gasteiger charge is 2.05. The lowest BCUT2D eigenvalue weighted by atomic mass is 10.4. The van der Waals surface area contributed by atoms with Crippen LogP contribution in [-0.4, -0.2) is 16.6 Å². The van der Waals surface area contributed by atoms with Gasteiger partial charge in [-0.25, -0.2) is 0 Å². The Labute approximate surface area is 61.7 Å². The normalized spacial score (nSPS) is 12.9. The van der Waals surface area contributed by atoms with Crippen molar-refractivity contribution in [3.8, 4) is 0 Å². The molecule has 0 amide bonds. The highest BCUT2D eigenvalue weighted by atomic mass is 127. The van der Waals surface area contributed by atoms with Crippen LogP contribution in [0.15, 0.2) is 0 Å². The minimum atomic E-state index is -0.496. The van der Waals surface area contributed by atoms with E-state index < -0.39 is 6.04 Å². The zero-order chi connectivity index (χ0) is 6.57. The van der Waals surface area contributed by atoms with Crippen molar-refractivity contribution in [3.63, 3.8) is 0 Å². The third-order valence-corrected chi connectivity index (χ3v) is 0.880. The molecule has 4 heteroatoms. The average Bonchev–Trinajstić information content (AvgIpc) is 1.67. The zero-order valence-electron chi connectivity index (χ0n) is 4.56. The summed E-state index contributed by atoms with van der Waals surface area (Å²) in [5, 5.41) is 0. The van der Waals surface area contributed by atoms with Gasteiger partial charge in [0.15, 0.2) is 0 Å². The molecule has 0 saturated carbocycles. The third kappa shape index (κ3) is 3.20. The predicted molar refractivity (Wildman–Crippen MR) is 38.6 cm³/mol. The lowest BCUT2D eigenvalue weighted by Crippen LogP contribution is -2.28. The molecule has 1 atom stereocenters. The van der Waals surface area contributed by atoms with E-state index in [2.05, 4.69) is 4.74 Å². The van der Waals surface area contributed by atoms with Crippen LogP contribution in [0.3, 0.4) is 0 Å². The fourth-order valence-electron chi connectivity index (χ4n) is 0.185. The molecule has 48 valence electrons. The van der Waals surface area contributed by atoms with Gasteiger partial charge in [-0.15, -0.1) is 0 Å². The Morgan fingerprint density at radius 2 is 2.50 bits per heavy atom. The summed E-state index contributed by atoms with van der Waals surface area (Å²) in [6, 6.07) is -0.496. The van der Waals surface area contributed by atoms with Crippen LogP contribution in [0.2, 0.25) is 0 Å². The van der Waals surface area contributed by atoms with E-state index in [4.69, 9.17) is 5.73 Å². The number of carbonyl (C=O) groups is 1. The summed E-state index contributed by atoms with van der Waals surface area (Å²) in [4.78, 5) is 10.4. The SMILES string of the molecule is CC(N)C(=O)OCI. The van der Waals surface area contributed by atoms with Crippen LogP contribution in [0.5, 0.6) is 0 Å². The molecule has 0 fully saturated rings. The molecule has 0 aromatic rings. The summed E-state index contributed by atoms with van der Waals surface area (Å²) in [6.07, 6.45) is 0. The first kappa shape index (κ1) is 8.16. The number of alkyl halides is 1. The fraction of sp³-hybridized carbons (Fsp3) is 0.750. The van der Waals surface area contributed by atoms with Crippen molar-refractivity contribution in [3.05, 3.63) is 0 Å². The Balaban J connectivity index is 3.33. The first-order valence-electron chi connectivity index (χ1n) is 2.16. The van der Waals surface area contributed by atoms with E-state index in [-0.39, 0.29) is 5.97 Å². The number of ether oxygens (including phenoxy) is 1. The van der Waals surface area contributed by atoms with E-state index in [1.165, 1.54) is 0 Å². The molecule has 0 heterocycles. The number of hydrogen-bond acceptors (Lipinski definition) is 3. The first-order valence-corrected chi connectivity index (χ1v) is 3.69. The summed E-state index contributed by atoms with van der Waals surface area (Å²) < 4.78 is 4.90. The topological polar surface area (TPSA) is 52.3 Å². The van der Waals surface area contributed by atoms with Crippen molar-refractivity contribution in [1.29, 1.82) is 0 Å². The van der Waals surface area contributed by atoms with Crippen molar-refractivity contribution in [2.75, 3.05) is 4.61 Å². The van der Waals surface area contributed by atoms with Crippen molar-refractivity contribution in [2.45, 2.75) is 13.0 Å². The van der Waals surface area contributed by atoms with Crippen LogP contribution in [-0.2, 0) is 9.53 Å². The van der Waals surface area contributed by atoms with Crippen LogP contribution in [0.25, 0.3) is 0 Å². The van der Waals surface area contributed by atoms with Crippen LogP contribution < -0.4 is 5.73 Å². The second-order valence-electron chi connectivity index (χ2n) is 1.36. The quantitative estimate of drug-likeness (QED) is 0.420. The van der Waals surface area contributed by atoms with E-state index >= 15 is 0 Å². The number of hydrogen-bond donors (Lipinski definition) is 1. The Bertz CT molecular complexity index is 84.1. The van der Waals surface area contributed by atoms with Gasteiger partial charge in [0.1, 0.15) is 10.7 Å². The number of nitrogens with two attached hydrogens (primary N) is 1. The lowest BCUT2D eigenvalue weighted by molar-refractivity contribution is -0.142. The molecule has 0 radical (unpaired) electrons. The highest BCUT2D eigenvalue weighted by molar-refractivity contribution is 14.1.